The number of nitrogens with zero attached hydrogens (tertiary/aromatic N) is 1. The summed E-state index contributed by atoms with van der Waals surface area (Å²) in [6, 6.07) is 0.775. The van der Waals surface area contributed by atoms with Crippen LogP contribution in [0.25, 0.3) is 0 Å². The maximum atomic E-state index is 6.21. The van der Waals surface area contributed by atoms with Crippen molar-refractivity contribution in [3.63, 3.8) is 0 Å². The van der Waals surface area contributed by atoms with Crippen molar-refractivity contribution in [2.75, 3.05) is 25.1 Å². The minimum absolute atomic E-state index is 0.244. The molecule has 2 aliphatic rings. The molecule has 0 aromatic carbocycles. The van der Waals surface area contributed by atoms with Crippen LogP contribution in [0.1, 0.15) is 52.4 Å². The van der Waals surface area contributed by atoms with Gasteiger partial charge in [0.25, 0.3) is 0 Å². The van der Waals surface area contributed by atoms with Gasteiger partial charge < -0.3 is 5.73 Å². The second kappa shape index (κ2) is 5.72. The smallest absolute Gasteiger partial charge is 0.0427 e. The summed E-state index contributed by atoms with van der Waals surface area (Å²) in [5, 5.41) is 0. The molecule has 0 aromatic rings. The number of likely N-dealkylation sites (N-methyl/N-ethyl adjacent to an activating group) is 1. The minimum atomic E-state index is 0.244. The second-order valence-corrected chi connectivity index (χ2v) is 8.15. The summed E-state index contributed by atoms with van der Waals surface area (Å²) >= 11 is 2.10. The first-order valence-corrected chi connectivity index (χ1v) is 8.65. The molecule has 1 heterocycles. The average Bonchev–Trinajstić information content (AvgIpc) is 2.37. The van der Waals surface area contributed by atoms with E-state index in [1.165, 1.54) is 50.0 Å². The Kier molecular flexibility index (Phi) is 4.66. The monoisotopic (exact) mass is 270 g/mol. The van der Waals surface area contributed by atoms with Crippen molar-refractivity contribution >= 4 is 11.8 Å². The highest BCUT2D eigenvalue weighted by atomic mass is 32.2. The highest BCUT2D eigenvalue weighted by Crippen LogP contribution is 2.43. The van der Waals surface area contributed by atoms with E-state index in [0.717, 1.165) is 12.6 Å². The summed E-state index contributed by atoms with van der Waals surface area (Å²) in [4.78, 5) is 2.67. The molecule has 2 nitrogen and oxygen atoms in total. The van der Waals surface area contributed by atoms with Gasteiger partial charge in [-0.3, -0.25) is 4.90 Å². The molecule has 0 aromatic heterocycles. The molecular formula is C15H30N2S. The van der Waals surface area contributed by atoms with Gasteiger partial charge in [0.15, 0.2) is 0 Å². The van der Waals surface area contributed by atoms with E-state index in [0.29, 0.717) is 5.41 Å². The molecule has 2 fully saturated rings. The number of rotatable bonds is 3. The van der Waals surface area contributed by atoms with Gasteiger partial charge in [0.05, 0.1) is 0 Å². The first-order valence-electron chi connectivity index (χ1n) is 7.50. The Morgan fingerprint density at radius 3 is 2.39 bits per heavy atom. The molecule has 1 aliphatic heterocycles. The third kappa shape index (κ3) is 3.05. The van der Waals surface area contributed by atoms with Gasteiger partial charge in [0.1, 0.15) is 0 Å². The summed E-state index contributed by atoms with van der Waals surface area (Å²) in [7, 11) is 2.34. The Hall–Kier alpha value is 0.270. The highest BCUT2D eigenvalue weighted by molar-refractivity contribution is 7.99. The van der Waals surface area contributed by atoms with Gasteiger partial charge >= 0.3 is 0 Å². The van der Waals surface area contributed by atoms with Crippen LogP contribution in [-0.4, -0.2) is 41.6 Å². The topological polar surface area (TPSA) is 29.3 Å². The molecule has 2 rings (SSSR count). The van der Waals surface area contributed by atoms with Crippen LogP contribution in [0.5, 0.6) is 0 Å². The van der Waals surface area contributed by atoms with Crippen LogP contribution in [0.15, 0.2) is 0 Å². The highest BCUT2D eigenvalue weighted by Gasteiger charge is 2.44. The van der Waals surface area contributed by atoms with Crippen molar-refractivity contribution < 1.29 is 0 Å². The number of nitrogens with two attached hydrogens (primary N) is 1. The first kappa shape index (κ1) is 14.7. The zero-order valence-electron chi connectivity index (χ0n) is 12.4. The lowest BCUT2D eigenvalue weighted by atomic mass is 9.77. The van der Waals surface area contributed by atoms with E-state index in [4.69, 9.17) is 5.73 Å². The molecule has 1 saturated carbocycles. The van der Waals surface area contributed by atoms with Gasteiger partial charge in [-0.15, -0.1) is 0 Å². The lowest BCUT2D eigenvalue weighted by molar-refractivity contribution is 0.0397. The molecule has 0 spiro atoms. The van der Waals surface area contributed by atoms with Gasteiger partial charge in [-0.1, -0.05) is 33.1 Å². The van der Waals surface area contributed by atoms with E-state index >= 15 is 0 Å². The van der Waals surface area contributed by atoms with Crippen LogP contribution in [0.3, 0.4) is 0 Å². The van der Waals surface area contributed by atoms with Crippen LogP contribution in [-0.2, 0) is 0 Å². The minimum Gasteiger partial charge on any atom is -0.329 e. The molecule has 1 saturated heterocycles. The summed E-state index contributed by atoms with van der Waals surface area (Å²) in [6.07, 6.45) is 8.27. The third-order valence-corrected chi connectivity index (χ3v) is 6.65. The van der Waals surface area contributed by atoms with Crippen LogP contribution < -0.4 is 5.73 Å². The first-order chi connectivity index (χ1) is 8.49. The normalized spacial score (nSPS) is 33.8. The van der Waals surface area contributed by atoms with Crippen molar-refractivity contribution in [3.05, 3.63) is 0 Å². The van der Waals surface area contributed by atoms with Crippen LogP contribution >= 0.6 is 11.8 Å². The zero-order chi connectivity index (χ0) is 13.2. The SMILES string of the molecule is CN(C1CCCCC1)C1(CN)CSCC(C)(C)C1. The second-order valence-electron chi connectivity index (χ2n) is 7.16. The van der Waals surface area contributed by atoms with E-state index < -0.39 is 0 Å². The Balaban J connectivity index is 2.10. The predicted molar refractivity (Wildman–Crippen MR) is 82.1 cm³/mol. The summed E-state index contributed by atoms with van der Waals surface area (Å²) in [5.41, 5.74) is 6.89. The maximum absolute atomic E-state index is 6.21. The maximum Gasteiger partial charge on any atom is 0.0427 e. The molecule has 1 unspecified atom stereocenters. The van der Waals surface area contributed by atoms with E-state index in [1.807, 2.05) is 0 Å². The van der Waals surface area contributed by atoms with Crippen molar-refractivity contribution in [1.82, 2.24) is 4.90 Å². The quantitative estimate of drug-likeness (QED) is 0.854. The Morgan fingerprint density at radius 1 is 1.17 bits per heavy atom. The summed E-state index contributed by atoms with van der Waals surface area (Å²) in [5.74, 6) is 2.51. The van der Waals surface area contributed by atoms with Gasteiger partial charge in [-0.05, 0) is 37.5 Å². The van der Waals surface area contributed by atoms with E-state index in [-0.39, 0.29) is 5.54 Å². The fourth-order valence-electron chi connectivity index (χ4n) is 3.87. The van der Waals surface area contributed by atoms with Gasteiger partial charge in [-0.2, -0.15) is 11.8 Å². The van der Waals surface area contributed by atoms with Gasteiger partial charge in [0.2, 0.25) is 0 Å². The number of hydrogen-bond acceptors (Lipinski definition) is 3. The van der Waals surface area contributed by atoms with Crippen LogP contribution in [0, 0.1) is 5.41 Å². The molecule has 3 heteroatoms. The largest absolute Gasteiger partial charge is 0.329 e. The predicted octanol–water partition coefficient (Wildman–Crippen LogP) is 3.11. The van der Waals surface area contributed by atoms with Gasteiger partial charge in [0, 0.05) is 23.9 Å². The summed E-state index contributed by atoms with van der Waals surface area (Å²) in [6.45, 7) is 5.62. The van der Waals surface area contributed by atoms with Crippen molar-refractivity contribution in [1.29, 1.82) is 0 Å². The molecule has 18 heavy (non-hydrogen) atoms. The molecular weight excluding hydrogens is 240 g/mol. The molecule has 1 aliphatic carbocycles. The number of hydrogen-bond donors (Lipinski definition) is 1. The molecule has 0 bridgehead atoms. The fraction of sp³-hybridized carbons (Fsp3) is 1.00. The Labute approximate surface area is 117 Å². The molecule has 106 valence electrons. The van der Waals surface area contributed by atoms with Crippen LogP contribution in [0.4, 0.5) is 0 Å². The lowest BCUT2D eigenvalue weighted by Gasteiger charge is -2.52. The average molecular weight is 270 g/mol. The van der Waals surface area contributed by atoms with Crippen molar-refractivity contribution in [2.24, 2.45) is 11.1 Å². The Morgan fingerprint density at radius 2 is 1.83 bits per heavy atom. The standard InChI is InChI=1S/C15H30N2S/c1-14(2)9-15(10-16,12-18-11-14)17(3)13-7-5-4-6-8-13/h13H,4-12,16H2,1-3H3. The van der Waals surface area contributed by atoms with E-state index in [9.17, 15) is 0 Å². The molecule has 0 amide bonds. The summed E-state index contributed by atoms with van der Waals surface area (Å²) < 4.78 is 0. The van der Waals surface area contributed by atoms with Crippen molar-refractivity contribution in [2.45, 2.75) is 64.0 Å². The molecule has 1 atom stereocenters. The van der Waals surface area contributed by atoms with Crippen molar-refractivity contribution in [3.8, 4) is 0 Å². The Bertz CT molecular complexity index is 274. The lowest BCUT2D eigenvalue weighted by Crippen LogP contribution is -2.61. The third-order valence-electron chi connectivity index (χ3n) is 4.92. The van der Waals surface area contributed by atoms with E-state index in [1.54, 1.807) is 0 Å². The fourth-order valence-corrected chi connectivity index (χ4v) is 5.43. The zero-order valence-corrected chi connectivity index (χ0v) is 13.2. The molecule has 2 N–H and O–H groups in total. The van der Waals surface area contributed by atoms with Gasteiger partial charge in [-0.25, -0.2) is 0 Å². The van der Waals surface area contributed by atoms with Crippen LogP contribution in [0.2, 0.25) is 0 Å². The number of thioether (sulfide) groups is 1. The molecule has 0 radical (unpaired) electrons. The van der Waals surface area contributed by atoms with E-state index in [2.05, 4.69) is 37.6 Å².